The summed E-state index contributed by atoms with van der Waals surface area (Å²) >= 11 is 0. The summed E-state index contributed by atoms with van der Waals surface area (Å²) in [6, 6.07) is 7.74. The molecule has 1 aromatic rings. The lowest BCUT2D eigenvalue weighted by Crippen LogP contribution is -2.17. The second-order valence-corrected chi connectivity index (χ2v) is 3.82. The Morgan fingerprint density at radius 1 is 1.12 bits per heavy atom. The fourth-order valence-corrected chi connectivity index (χ4v) is 1.40. The van der Waals surface area contributed by atoms with Crippen molar-refractivity contribution >= 4 is 5.91 Å². The Labute approximate surface area is 107 Å². The summed E-state index contributed by atoms with van der Waals surface area (Å²) in [5.74, 6) is 0.139. The third-order valence-electron chi connectivity index (χ3n) is 2.50. The first-order chi connectivity index (χ1) is 7.20. The lowest BCUT2D eigenvalue weighted by atomic mass is 10.1. The number of nitrogens with zero attached hydrogens (tertiary/aromatic N) is 1. The second kappa shape index (κ2) is 8.80. The zero-order valence-electron chi connectivity index (χ0n) is 9.79. The van der Waals surface area contributed by atoms with Gasteiger partial charge in [0.2, 0.25) is 0 Å². The zero-order valence-corrected chi connectivity index (χ0v) is 9.79. The van der Waals surface area contributed by atoms with Gasteiger partial charge in [-0.1, -0.05) is 59.7 Å². The molecule has 1 aliphatic rings. The average molecular weight is 237 g/mol. The number of fused-ring (bicyclic) bond motifs is 1. The second-order valence-electron chi connectivity index (χ2n) is 3.82. The molecular weight excluding hydrogens is 210 g/mol. The van der Waals surface area contributed by atoms with E-state index in [9.17, 15) is 4.79 Å². The van der Waals surface area contributed by atoms with Gasteiger partial charge in [-0.3, -0.25) is 4.79 Å². The minimum Gasteiger partial charge on any atom is -0.337 e. The highest BCUT2D eigenvalue weighted by Gasteiger charge is 2.22. The van der Waals surface area contributed by atoms with Gasteiger partial charge >= 0.3 is 0 Å². The average Bonchev–Trinajstić information content (AvgIpc) is 2.56. The smallest absolute Gasteiger partial charge is 0.254 e. The quantitative estimate of drug-likeness (QED) is 0.711. The molecule has 0 bridgehead atoms. The van der Waals surface area contributed by atoms with Crippen LogP contribution >= 0.6 is 0 Å². The molecule has 2 rings (SSSR count). The van der Waals surface area contributed by atoms with Crippen molar-refractivity contribution in [3.05, 3.63) is 35.4 Å². The van der Waals surface area contributed by atoms with E-state index >= 15 is 0 Å². The molecule has 1 aromatic carbocycles. The van der Waals surface area contributed by atoms with Crippen molar-refractivity contribution in [3.63, 3.8) is 0 Å². The molecule has 0 saturated carbocycles. The summed E-state index contributed by atoms with van der Waals surface area (Å²) < 4.78 is 0. The van der Waals surface area contributed by atoms with Gasteiger partial charge < -0.3 is 4.90 Å². The van der Waals surface area contributed by atoms with E-state index in [1.807, 2.05) is 31.3 Å². The van der Waals surface area contributed by atoms with Crippen molar-refractivity contribution < 1.29 is 4.79 Å². The van der Waals surface area contributed by atoms with Crippen LogP contribution < -0.4 is 0 Å². The number of carbonyl (C=O) groups is 1. The highest BCUT2D eigenvalue weighted by Crippen LogP contribution is 2.19. The Balaban J connectivity index is 0. The molecular formula is C15H27NO. The van der Waals surface area contributed by atoms with Crippen LogP contribution in [0.4, 0.5) is 0 Å². The molecule has 0 atom stereocenters. The van der Waals surface area contributed by atoms with Gasteiger partial charge in [-0.25, -0.2) is 0 Å². The molecule has 1 heterocycles. The molecule has 98 valence electrons. The van der Waals surface area contributed by atoms with Gasteiger partial charge in [0.05, 0.1) is 0 Å². The zero-order chi connectivity index (χ0) is 11.3. The number of carbonyl (C=O) groups excluding carboxylic acids is 1. The Bertz CT molecular complexity index is 331. The molecule has 0 saturated heterocycles. The lowest BCUT2D eigenvalue weighted by molar-refractivity contribution is 0.0816. The Morgan fingerprint density at radius 3 is 2.12 bits per heavy atom. The normalized spacial score (nSPS) is 11.7. The van der Waals surface area contributed by atoms with Crippen LogP contribution in [0, 0.1) is 0 Å². The number of hydrogen-bond donors (Lipinski definition) is 0. The third kappa shape index (κ3) is 4.59. The first kappa shape index (κ1) is 18.1. The van der Waals surface area contributed by atoms with Crippen LogP contribution in [0.3, 0.4) is 0 Å². The standard InChI is InChI=1S/C9H9NO.C4H10.2CH4/c1-10-6-7-4-2-3-5-8(7)9(10)11;1-3-4-2;;/h2-5H,6H2,1H3;3-4H2,1-2H3;2*1H4. The van der Waals surface area contributed by atoms with E-state index in [4.69, 9.17) is 0 Å². The summed E-state index contributed by atoms with van der Waals surface area (Å²) in [5, 5.41) is 0. The molecule has 2 nitrogen and oxygen atoms in total. The van der Waals surface area contributed by atoms with E-state index in [0.29, 0.717) is 0 Å². The molecule has 0 aliphatic carbocycles. The molecule has 0 aromatic heterocycles. The SMILES string of the molecule is C.C.CCCC.CN1Cc2ccccc2C1=O. The van der Waals surface area contributed by atoms with Crippen LogP contribution in [0.15, 0.2) is 24.3 Å². The van der Waals surface area contributed by atoms with Crippen LogP contribution in [0.2, 0.25) is 0 Å². The van der Waals surface area contributed by atoms with Gasteiger partial charge in [-0.05, 0) is 11.6 Å². The van der Waals surface area contributed by atoms with E-state index < -0.39 is 0 Å². The Kier molecular flexibility index (Phi) is 9.35. The summed E-state index contributed by atoms with van der Waals surface area (Å²) in [6.45, 7) is 5.12. The maximum Gasteiger partial charge on any atom is 0.254 e. The van der Waals surface area contributed by atoms with E-state index in [-0.39, 0.29) is 20.8 Å². The van der Waals surface area contributed by atoms with Crippen LogP contribution in [-0.2, 0) is 6.54 Å². The van der Waals surface area contributed by atoms with Crippen LogP contribution in [0.25, 0.3) is 0 Å². The minimum absolute atomic E-state index is 0. The van der Waals surface area contributed by atoms with Crippen LogP contribution in [0.5, 0.6) is 0 Å². The minimum atomic E-state index is 0. The van der Waals surface area contributed by atoms with Gasteiger partial charge in [0, 0.05) is 19.2 Å². The molecule has 2 heteroatoms. The maximum absolute atomic E-state index is 11.3. The molecule has 17 heavy (non-hydrogen) atoms. The van der Waals surface area contributed by atoms with Gasteiger partial charge in [-0.2, -0.15) is 0 Å². The van der Waals surface area contributed by atoms with E-state index in [2.05, 4.69) is 13.8 Å². The largest absolute Gasteiger partial charge is 0.337 e. The topological polar surface area (TPSA) is 20.3 Å². The highest BCUT2D eigenvalue weighted by atomic mass is 16.2. The summed E-state index contributed by atoms with van der Waals surface area (Å²) in [6.07, 6.45) is 2.64. The summed E-state index contributed by atoms with van der Waals surface area (Å²) in [7, 11) is 1.82. The van der Waals surface area contributed by atoms with Crippen molar-refractivity contribution in [2.24, 2.45) is 0 Å². The highest BCUT2D eigenvalue weighted by molar-refractivity contribution is 5.98. The van der Waals surface area contributed by atoms with Crippen molar-refractivity contribution in [1.29, 1.82) is 0 Å². The molecule has 1 aliphatic heterocycles. The van der Waals surface area contributed by atoms with Crippen LogP contribution in [0.1, 0.15) is 57.5 Å². The van der Waals surface area contributed by atoms with Gasteiger partial charge in [0.1, 0.15) is 0 Å². The van der Waals surface area contributed by atoms with Crippen LogP contribution in [-0.4, -0.2) is 17.9 Å². The molecule has 1 amide bonds. The van der Waals surface area contributed by atoms with Crippen molar-refractivity contribution in [1.82, 2.24) is 4.90 Å². The monoisotopic (exact) mass is 237 g/mol. The number of benzene rings is 1. The van der Waals surface area contributed by atoms with Gasteiger partial charge in [0.25, 0.3) is 5.91 Å². The van der Waals surface area contributed by atoms with Crippen molar-refractivity contribution in [3.8, 4) is 0 Å². The first-order valence-electron chi connectivity index (χ1n) is 5.54. The molecule has 0 spiro atoms. The first-order valence-corrected chi connectivity index (χ1v) is 5.54. The predicted octanol–water partition coefficient (Wildman–Crippen LogP) is 4.35. The van der Waals surface area contributed by atoms with E-state index in [1.54, 1.807) is 4.90 Å². The van der Waals surface area contributed by atoms with E-state index in [0.717, 1.165) is 17.7 Å². The van der Waals surface area contributed by atoms with Crippen molar-refractivity contribution in [2.45, 2.75) is 48.1 Å². The molecule has 0 N–H and O–H groups in total. The maximum atomic E-state index is 11.3. The van der Waals surface area contributed by atoms with E-state index in [1.165, 1.54) is 12.8 Å². The molecule has 0 fully saturated rings. The van der Waals surface area contributed by atoms with Gasteiger partial charge in [-0.15, -0.1) is 0 Å². The predicted molar refractivity (Wildman–Crippen MR) is 76.3 cm³/mol. The summed E-state index contributed by atoms with van der Waals surface area (Å²) in [4.78, 5) is 13.0. The Morgan fingerprint density at radius 2 is 1.65 bits per heavy atom. The number of amides is 1. The van der Waals surface area contributed by atoms with Crippen molar-refractivity contribution in [2.75, 3.05) is 7.05 Å². The fraction of sp³-hybridized carbons (Fsp3) is 0.533. The number of unbranched alkanes of at least 4 members (excludes halogenated alkanes) is 1. The lowest BCUT2D eigenvalue weighted by Gasteiger charge is -2.04. The summed E-state index contributed by atoms with van der Waals surface area (Å²) in [5.41, 5.74) is 2.00. The Hall–Kier alpha value is -1.31. The molecule has 0 radical (unpaired) electrons. The van der Waals surface area contributed by atoms with Gasteiger partial charge in [0.15, 0.2) is 0 Å². The third-order valence-corrected chi connectivity index (χ3v) is 2.50. The molecule has 0 unspecified atom stereocenters. The number of rotatable bonds is 1. The fourth-order valence-electron chi connectivity index (χ4n) is 1.40. The number of hydrogen-bond acceptors (Lipinski definition) is 1.